The molecule has 0 unspecified atom stereocenters. The van der Waals surface area contributed by atoms with E-state index in [9.17, 15) is 18.3 Å². The molecule has 0 fully saturated rings. The first-order valence-corrected chi connectivity index (χ1v) is 10.9. The number of nitrogens with one attached hydrogen (secondary N) is 1. The van der Waals surface area contributed by atoms with Crippen molar-refractivity contribution in [2.24, 2.45) is 0 Å². The van der Waals surface area contributed by atoms with E-state index in [0.717, 1.165) is 30.5 Å². The molecule has 2 aromatic carbocycles. The highest BCUT2D eigenvalue weighted by molar-refractivity contribution is 7.92. The lowest BCUT2D eigenvalue weighted by Gasteiger charge is -2.25. The summed E-state index contributed by atoms with van der Waals surface area (Å²) in [5.41, 5.74) is 2.59. The Kier molecular flexibility index (Phi) is 7.07. The molecule has 0 aliphatic carbocycles. The van der Waals surface area contributed by atoms with Crippen molar-refractivity contribution in [3.8, 4) is 0 Å². The van der Waals surface area contributed by atoms with E-state index in [-0.39, 0.29) is 16.1 Å². The Hall–Kier alpha value is -2.54. The van der Waals surface area contributed by atoms with Gasteiger partial charge in [0.2, 0.25) is 0 Å². The molecule has 0 radical (unpaired) electrons. The maximum absolute atomic E-state index is 12.7. The summed E-state index contributed by atoms with van der Waals surface area (Å²) in [6.45, 7) is 9.14. The Bertz CT molecular complexity index is 935. The standard InChI is InChI=1S/C21H28N2O4S/c1-5-7-10-23(6-2)20-9-8-17(14-19(20)21(24)25)22-28(26,27)18-12-15(3)11-16(4)13-18/h8-9,11-14,22H,5-7,10H2,1-4H3,(H,24,25). The second kappa shape index (κ2) is 9.10. The molecule has 0 aliphatic rings. The number of hydrogen-bond donors (Lipinski definition) is 2. The smallest absolute Gasteiger partial charge is 0.337 e. The van der Waals surface area contributed by atoms with E-state index in [1.54, 1.807) is 24.3 Å². The summed E-state index contributed by atoms with van der Waals surface area (Å²) in [5.74, 6) is -1.09. The summed E-state index contributed by atoms with van der Waals surface area (Å²) < 4.78 is 28.0. The Morgan fingerprint density at radius 1 is 1.07 bits per heavy atom. The van der Waals surface area contributed by atoms with Crippen molar-refractivity contribution in [1.82, 2.24) is 0 Å². The second-order valence-corrected chi connectivity index (χ2v) is 8.58. The third-order valence-corrected chi connectivity index (χ3v) is 5.85. The number of carboxylic acid groups (broad SMARTS) is 1. The van der Waals surface area contributed by atoms with Crippen LogP contribution in [0.1, 0.15) is 48.2 Å². The van der Waals surface area contributed by atoms with Gasteiger partial charge < -0.3 is 10.0 Å². The molecule has 152 valence electrons. The first-order chi connectivity index (χ1) is 13.2. The van der Waals surface area contributed by atoms with Crippen LogP contribution in [0.25, 0.3) is 0 Å². The highest BCUT2D eigenvalue weighted by Gasteiger charge is 2.19. The quantitative estimate of drug-likeness (QED) is 0.646. The van der Waals surface area contributed by atoms with E-state index in [0.29, 0.717) is 12.2 Å². The third kappa shape index (κ3) is 5.25. The van der Waals surface area contributed by atoms with E-state index in [4.69, 9.17) is 0 Å². The summed E-state index contributed by atoms with van der Waals surface area (Å²) in [7, 11) is -3.81. The molecule has 0 spiro atoms. The molecule has 2 rings (SSSR count). The van der Waals surface area contributed by atoms with Gasteiger partial charge in [0.05, 0.1) is 16.1 Å². The zero-order valence-electron chi connectivity index (χ0n) is 16.8. The van der Waals surface area contributed by atoms with Gasteiger partial charge >= 0.3 is 5.97 Å². The zero-order valence-corrected chi connectivity index (χ0v) is 17.6. The van der Waals surface area contributed by atoms with E-state index in [1.165, 1.54) is 6.07 Å². The molecule has 0 aromatic heterocycles. The van der Waals surface area contributed by atoms with Crippen molar-refractivity contribution in [1.29, 1.82) is 0 Å². The average molecular weight is 405 g/mol. The largest absolute Gasteiger partial charge is 0.478 e. The van der Waals surface area contributed by atoms with Crippen LogP contribution in [-0.2, 0) is 10.0 Å². The Balaban J connectivity index is 2.39. The number of carbonyl (C=O) groups is 1. The fourth-order valence-electron chi connectivity index (χ4n) is 3.15. The lowest BCUT2D eigenvalue weighted by atomic mass is 10.1. The predicted molar refractivity (Wildman–Crippen MR) is 113 cm³/mol. The molecule has 0 atom stereocenters. The summed E-state index contributed by atoms with van der Waals surface area (Å²) in [6.07, 6.45) is 1.96. The predicted octanol–water partition coefficient (Wildman–Crippen LogP) is 4.43. The van der Waals surface area contributed by atoms with E-state index in [2.05, 4.69) is 11.6 Å². The first kappa shape index (κ1) is 21.8. The topological polar surface area (TPSA) is 86.7 Å². The van der Waals surface area contributed by atoms with Gasteiger partial charge in [-0.25, -0.2) is 13.2 Å². The first-order valence-electron chi connectivity index (χ1n) is 9.41. The second-order valence-electron chi connectivity index (χ2n) is 6.90. The average Bonchev–Trinajstić information content (AvgIpc) is 2.62. The SMILES string of the molecule is CCCCN(CC)c1ccc(NS(=O)(=O)c2cc(C)cc(C)c2)cc1C(=O)O. The van der Waals surface area contributed by atoms with Gasteiger partial charge in [-0.3, -0.25) is 4.72 Å². The molecule has 0 saturated heterocycles. The summed E-state index contributed by atoms with van der Waals surface area (Å²) >= 11 is 0. The van der Waals surface area contributed by atoms with Gasteiger partial charge in [0.25, 0.3) is 10.0 Å². The minimum atomic E-state index is -3.81. The molecule has 0 amide bonds. The number of nitrogens with zero attached hydrogens (tertiary/aromatic N) is 1. The number of hydrogen-bond acceptors (Lipinski definition) is 4. The molecule has 0 heterocycles. The van der Waals surface area contributed by atoms with Gasteiger partial charge in [-0.1, -0.05) is 19.4 Å². The van der Waals surface area contributed by atoms with Crippen molar-refractivity contribution >= 4 is 27.4 Å². The van der Waals surface area contributed by atoms with Crippen molar-refractivity contribution in [2.45, 2.75) is 45.4 Å². The minimum Gasteiger partial charge on any atom is -0.478 e. The maximum atomic E-state index is 12.7. The number of sulfonamides is 1. The van der Waals surface area contributed by atoms with Crippen LogP contribution in [0, 0.1) is 13.8 Å². The summed E-state index contributed by atoms with van der Waals surface area (Å²) in [4.78, 5) is 13.9. The minimum absolute atomic E-state index is 0.0820. The molecule has 28 heavy (non-hydrogen) atoms. The van der Waals surface area contributed by atoms with E-state index in [1.807, 2.05) is 31.7 Å². The van der Waals surface area contributed by atoms with Crippen LogP contribution in [-0.4, -0.2) is 32.6 Å². The van der Waals surface area contributed by atoms with Crippen LogP contribution in [0.4, 0.5) is 11.4 Å². The number of aryl methyl sites for hydroxylation is 2. The molecule has 0 bridgehead atoms. The van der Waals surface area contributed by atoms with E-state index < -0.39 is 16.0 Å². The van der Waals surface area contributed by atoms with Crippen LogP contribution in [0.3, 0.4) is 0 Å². The van der Waals surface area contributed by atoms with Crippen LogP contribution in [0.15, 0.2) is 41.3 Å². The van der Waals surface area contributed by atoms with Gasteiger partial charge in [-0.15, -0.1) is 0 Å². The van der Waals surface area contributed by atoms with Crippen molar-refractivity contribution in [3.63, 3.8) is 0 Å². The van der Waals surface area contributed by atoms with Crippen LogP contribution in [0.2, 0.25) is 0 Å². The van der Waals surface area contributed by atoms with Crippen LogP contribution >= 0.6 is 0 Å². The van der Waals surface area contributed by atoms with Gasteiger partial charge in [0.1, 0.15) is 0 Å². The van der Waals surface area contributed by atoms with Gasteiger partial charge in [-0.05, 0) is 68.7 Å². The van der Waals surface area contributed by atoms with Crippen LogP contribution < -0.4 is 9.62 Å². The highest BCUT2D eigenvalue weighted by Crippen LogP contribution is 2.27. The molecular formula is C21H28N2O4S. The lowest BCUT2D eigenvalue weighted by Crippen LogP contribution is -2.26. The fourth-order valence-corrected chi connectivity index (χ4v) is 4.38. The number of unbranched alkanes of at least 4 members (excludes halogenated alkanes) is 1. The van der Waals surface area contributed by atoms with Crippen molar-refractivity contribution in [2.75, 3.05) is 22.7 Å². The third-order valence-electron chi connectivity index (χ3n) is 4.49. The summed E-state index contributed by atoms with van der Waals surface area (Å²) in [5, 5.41) is 9.64. The van der Waals surface area contributed by atoms with Gasteiger partial charge in [-0.2, -0.15) is 0 Å². The number of carboxylic acids is 1. The monoisotopic (exact) mass is 404 g/mol. The Labute approximate surface area is 167 Å². The number of anilines is 2. The Morgan fingerprint density at radius 3 is 2.25 bits per heavy atom. The molecule has 2 N–H and O–H groups in total. The van der Waals surface area contributed by atoms with Crippen molar-refractivity contribution in [3.05, 3.63) is 53.1 Å². The fraction of sp³-hybridized carbons (Fsp3) is 0.381. The highest BCUT2D eigenvalue weighted by atomic mass is 32.2. The van der Waals surface area contributed by atoms with Crippen molar-refractivity contribution < 1.29 is 18.3 Å². The number of aromatic carboxylic acids is 1. The van der Waals surface area contributed by atoms with E-state index >= 15 is 0 Å². The molecule has 6 nitrogen and oxygen atoms in total. The molecule has 7 heteroatoms. The number of benzene rings is 2. The summed E-state index contributed by atoms with van der Waals surface area (Å²) in [6, 6.07) is 9.73. The van der Waals surface area contributed by atoms with Gasteiger partial charge in [0.15, 0.2) is 0 Å². The molecular weight excluding hydrogens is 376 g/mol. The lowest BCUT2D eigenvalue weighted by molar-refractivity contribution is 0.0697. The Morgan fingerprint density at radius 2 is 1.71 bits per heavy atom. The maximum Gasteiger partial charge on any atom is 0.337 e. The van der Waals surface area contributed by atoms with Crippen LogP contribution in [0.5, 0.6) is 0 Å². The molecule has 2 aromatic rings. The molecule has 0 aliphatic heterocycles. The number of rotatable bonds is 9. The van der Waals surface area contributed by atoms with Gasteiger partial charge in [0, 0.05) is 18.8 Å². The normalized spacial score (nSPS) is 11.3. The zero-order chi connectivity index (χ0) is 20.9. The molecule has 0 saturated carbocycles.